The average molecular weight is 238 g/mol. The van der Waals surface area contributed by atoms with Gasteiger partial charge in [0.1, 0.15) is 0 Å². The molecule has 88 valence electrons. The second-order valence-electron chi connectivity index (χ2n) is 4.00. The Hall–Kier alpha value is -1.13. The highest BCUT2D eigenvalue weighted by Gasteiger charge is 2.07. The van der Waals surface area contributed by atoms with Gasteiger partial charge in [-0.25, -0.2) is 0 Å². The summed E-state index contributed by atoms with van der Waals surface area (Å²) in [6, 6.07) is 3.93. The summed E-state index contributed by atoms with van der Waals surface area (Å²) in [6.07, 6.45) is 3.35. The van der Waals surface area contributed by atoms with E-state index in [4.69, 9.17) is 5.73 Å². The Morgan fingerprint density at radius 1 is 1.62 bits per heavy atom. The van der Waals surface area contributed by atoms with Crippen LogP contribution in [-0.4, -0.2) is 18.5 Å². The van der Waals surface area contributed by atoms with Crippen molar-refractivity contribution >= 4 is 23.3 Å². The van der Waals surface area contributed by atoms with Gasteiger partial charge < -0.3 is 11.1 Å². The maximum atomic E-state index is 11.4. The van der Waals surface area contributed by atoms with Gasteiger partial charge in [-0.15, -0.1) is 11.3 Å². The van der Waals surface area contributed by atoms with Gasteiger partial charge in [-0.05, 0) is 23.4 Å². The number of hydrogen-bond donors (Lipinski definition) is 2. The molecule has 1 unspecified atom stereocenters. The molecule has 0 saturated heterocycles. The highest BCUT2D eigenvalue weighted by Crippen LogP contribution is 2.09. The van der Waals surface area contributed by atoms with Gasteiger partial charge in [0, 0.05) is 23.5 Å². The topological polar surface area (TPSA) is 55.1 Å². The summed E-state index contributed by atoms with van der Waals surface area (Å²) >= 11 is 1.60. The van der Waals surface area contributed by atoms with Crippen molar-refractivity contribution in [1.29, 1.82) is 0 Å². The first kappa shape index (κ1) is 12.9. The molecule has 1 heterocycles. The minimum absolute atomic E-state index is 0.0130. The smallest absolute Gasteiger partial charge is 0.244 e. The van der Waals surface area contributed by atoms with Gasteiger partial charge >= 0.3 is 0 Å². The molecule has 0 radical (unpaired) electrons. The Morgan fingerprint density at radius 2 is 2.38 bits per heavy atom. The predicted molar refractivity (Wildman–Crippen MR) is 69.2 cm³/mol. The van der Waals surface area contributed by atoms with Crippen LogP contribution in [0.25, 0.3) is 6.08 Å². The molecule has 0 aliphatic rings. The molecule has 16 heavy (non-hydrogen) atoms. The van der Waals surface area contributed by atoms with Crippen LogP contribution in [-0.2, 0) is 4.79 Å². The fourth-order valence-corrected chi connectivity index (χ4v) is 1.68. The van der Waals surface area contributed by atoms with Crippen LogP contribution in [0.4, 0.5) is 0 Å². The van der Waals surface area contributed by atoms with Crippen LogP contribution in [0.15, 0.2) is 23.6 Å². The zero-order chi connectivity index (χ0) is 12.0. The zero-order valence-corrected chi connectivity index (χ0v) is 10.5. The predicted octanol–water partition coefficient (Wildman–Crippen LogP) is 1.86. The van der Waals surface area contributed by atoms with Crippen LogP contribution in [0, 0.1) is 5.92 Å². The van der Waals surface area contributed by atoms with E-state index in [0.717, 1.165) is 4.88 Å². The minimum atomic E-state index is -0.0931. The van der Waals surface area contributed by atoms with E-state index in [9.17, 15) is 4.79 Å². The molecule has 1 aromatic rings. The lowest BCUT2D eigenvalue weighted by molar-refractivity contribution is -0.116. The molecule has 4 heteroatoms. The van der Waals surface area contributed by atoms with Gasteiger partial charge in [-0.2, -0.15) is 0 Å². The summed E-state index contributed by atoms with van der Waals surface area (Å²) in [7, 11) is 0. The molecule has 0 spiro atoms. The summed E-state index contributed by atoms with van der Waals surface area (Å²) < 4.78 is 0. The van der Waals surface area contributed by atoms with Crippen LogP contribution in [0.3, 0.4) is 0 Å². The third-order valence-corrected chi connectivity index (χ3v) is 3.15. The van der Waals surface area contributed by atoms with Crippen molar-refractivity contribution in [2.75, 3.05) is 6.54 Å². The molecule has 3 N–H and O–H groups in total. The first-order chi connectivity index (χ1) is 7.59. The Labute approximate surface area is 100 Å². The molecule has 1 rings (SSSR count). The van der Waals surface area contributed by atoms with Crippen molar-refractivity contribution in [3.05, 3.63) is 28.5 Å². The van der Waals surface area contributed by atoms with E-state index in [0.29, 0.717) is 12.5 Å². The van der Waals surface area contributed by atoms with E-state index >= 15 is 0 Å². The summed E-state index contributed by atoms with van der Waals surface area (Å²) in [4.78, 5) is 12.5. The highest BCUT2D eigenvalue weighted by molar-refractivity contribution is 7.10. The molecule has 1 amide bonds. The molecule has 0 aliphatic carbocycles. The quantitative estimate of drug-likeness (QED) is 0.769. The average Bonchev–Trinajstić information content (AvgIpc) is 2.75. The van der Waals surface area contributed by atoms with Crippen LogP contribution < -0.4 is 11.1 Å². The maximum Gasteiger partial charge on any atom is 0.244 e. The summed E-state index contributed by atoms with van der Waals surface area (Å²) in [6.45, 7) is 4.60. The van der Waals surface area contributed by atoms with Crippen molar-refractivity contribution in [2.24, 2.45) is 11.7 Å². The fourth-order valence-electron chi connectivity index (χ4n) is 1.06. The summed E-state index contributed by atoms with van der Waals surface area (Å²) in [5.74, 6) is 0.283. The molecule has 1 aromatic heterocycles. The molecule has 0 fully saturated rings. The monoisotopic (exact) mass is 238 g/mol. The van der Waals surface area contributed by atoms with E-state index < -0.39 is 0 Å². The maximum absolute atomic E-state index is 11.4. The van der Waals surface area contributed by atoms with Crippen molar-refractivity contribution < 1.29 is 4.79 Å². The largest absolute Gasteiger partial charge is 0.351 e. The molecule has 1 atom stereocenters. The number of thiophene rings is 1. The van der Waals surface area contributed by atoms with Gasteiger partial charge in [0.15, 0.2) is 0 Å². The molecule has 0 aromatic carbocycles. The van der Waals surface area contributed by atoms with Crippen molar-refractivity contribution in [2.45, 2.75) is 19.9 Å². The number of rotatable bonds is 5. The summed E-state index contributed by atoms with van der Waals surface area (Å²) in [5.41, 5.74) is 5.82. The van der Waals surface area contributed by atoms with E-state index in [1.165, 1.54) is 0 Å². The number of amides is 1. The Kier molecular flexibility index (Phi) is 5.22. The van der Waals surface area contributed by atoms with Gasteiger partial charge in [0.05, 0.1) is 0 Å². The van der Waals surface area contributed by atoms with Crippen LogP contribution in [0.1, 0.15) is 18.7 Å². The number of carbonyl (C=O) groups excluding carboxylic acids is 1. The standard InChI is InChI=1S/C12H18N2OS/c1-9(2)11(13)8-14-12(15)6-5-10-4-3-7-16-10/h3-7,9,11H,8,13H2,1-2H3,(H,14,15). The molecule has 3 nitrogen and oxygen atoms in total. The third-order valence-electron chi connectivity index (χ3n) is 2.31. The number of carbonyl (C=O) groups is 1. The number of nitrogens with two attached hydrogens (primary N) is 1. The first-order valence-corrected chi connectivity index (χ1v) is 6.22. The van der Waals surface area contributed by atoms with Gasteiger partial charge in [-0.3, -0.25) is 4.79 Å². The lowest BCUT2D eigenvalue weighted by Gasteiger charge is -2.15. The molecule has 0 bridgehead atoms. The molecular formula is C12H18N2OS. The second kappa shape index (κ2) is 6.45. The molecular weight excluding hydrogens is 220 g/mol. The van der Waals surface area contributed by atoms with Gasteiger partial charge in [0.25, 0.3) is 0 Å². The SMILES string of the molecule is CC(C)C(N)CNC(=O)C=Cc1cccs1. The lowest BCUT2D eigenvalue weighted by Crippen LogP contribution is -2.39. The summed E-state index contributed by atoms with van der Waals surface area (Å²) in [5, 5.41) is 4.76. The van der Waals surface area contributed by atoms with E-state index in [2.05, 4.69) is 5.32 Å². The zero-order valence-electron chi connectivity index (χ0n) is 9.64. The normalized spacial score (nSPS) is 13.2. The van der Waals surface area contributed by atoms with E-state index in [1.54, 1.807) is 23.5 Å². The Balaban J connectivity index is 2.31. The number of hydrogen-bond acceptors (Lipinski definition) is 3. The molecule has 0 aliphatic heterocycles. The Bertz CT molecular complexity index is 344. The van der Waals surface area contributed by atoms with E-state index in [1.807, 2.05) is 31.4 Å². The fraction of sp³-hybridized carbons (Fsp3) is 0.417. The van der Waals surface area contributed by atoms with Crippen LogP contribution in [0.2, 0.25) is 0 Å². The van der Waals surface area contributed by atoms with Crippen molar-refractivity contribution in [3.8, 4) is 0 Å². The van der Waals surface area contributed by atoms with Crippen LogP contribution >= 0.6 is 11.3 Å². The molecule has 0 saturated carbocycles. The van der Waals surface area contributed by atoms with Crippen molar-refractivity contribution in [3.63, 3.8) is 0 Å². The highest BCUT2D eigenvalue weighted by atomic mass is 32.1. The Morgan fingerprint density at radius 3 is 2.94 bits per heavy atom. The second-order valence-corrected chi connectivity index (χ2v) is 4.98. The first-order valence-electron chi connectivity index (χ1n) is 5.34. The lowest BCUT2D eigenvalue weighted by atomic mass is 10.1. The third kappa shape index (κ3) is 4.59. The van der Waals surface area contributed by atoms with E-state index in [-0.39, 0.29) is 11.9 Å². The number of nitrogens with one attached hydrogen (secondary N) is 1. The van der Waals surface area contributed by atoms with Crippen LogP contribution in [0.5, 0.6) is 0 Å². The van der Waals surface area contributed by atoms with Gasteiger partial charge in [0.2, 0.25) is 5.91 Å². The van der Waals surface area contributed by atoms with Crippen molar-refractivity contribution in [1.82, 2.24) is 5.32 Å². The van der Waals surface area contributed by atoms with Gasteiger partial charge in [-0.1, -0.05) is 19.9 Å². The minimum Gasteiger partial charge on any atom is -0.351 e.